The van der Waals surface area contributed by atoms with Crippen molar-refractivity contribution in [3.63, 3.8) is 0 Å². The molecule has 0 bridgehead atoms. The number of aryl methyl sites for hydroxylation is 1. The van der Waals surface area contributed by atoms with Crippen LogP contribution >= 0.6 is 31.9 Å². The Labute approximate surface area is 128 Å². The topological polar surface area (TPSA) is 24.9 Å². The fourth-order valence-corrected chi connectivity index (χ4v) is 2.37. The summed E-state index contributed by atoms with van der Waals surface area (Å²) in [5.74, 6) is -0.253. The molecule has 0 saturated carbocycles. The van der Waals surface area contributed by atoms with Crippen molar-refractivity contribution >= 4 is 37.5 Å². The molecular formula is C14H13Br2FN2. The average Bonchev–Trinajstić information content (AvgIpc) is 2.37. The van der Waals surface area contributed by atoms with E-state index in [-0.39, 0.29) is 11.9 Å². The van der Waals surface area contributed by atoms with Crippen LogP contribution in [0.1, 0.15) is 24.1 Å². The van der Waals surface area contributed by atoms with Gasteiger partial charge in [0.25, 0.3) is 0 Å². The summed E-state index contributed by atoms with van der Waals surface area (Å²) in [4.78, 5) is 4.24. The van der Waals surface area contributed by atoms with E-state index < -0.39 is 0 Å². The van der Waals surface area contributed by atoms with Crippen molar-refractivity contribution in [2.24, 2.45) is 0 Å². The average molecular weight is 388 g/mol. The van der Waals surface area contributed by atoms with Gasteiger partial charge >= 0.3 is 0 Å². The largest absolute Gasteiger partial charge is 0.377 e. The monoisotopic (exact) mass is 386 g/mol. The normalized spacial score (nSPS) is 12.3. The van der Waals surface area contributed by atoms with E-state index in [0.29, 0.717) is 4.47 Å². The molecule has 1 aromatic carbocycles. The third kappa shape index (κ3) is 3.54. The zero-order chi connectivity index (χ0) is 14.0. The molecule has 1 unspecified atom stereocenters. The molecule has 0 saturated heterocycles. The molecule has 2 nitrogen and oxygen atoms in total. The Morgan fingerprint density at radius 3 is 2.63 bits per heavy atom. The van der Waals surface area contributed by atoms with Crippen LogP contribution in [0.3, 0.4) is 0 Å². The van der Waals surface area contributed by atoms with Gasteiger partial charge in [-0.25, -0.2) is 9.37 Å². The van der Waals surface area contributed by atoms with Crippen LogP contribution in [0.2, 0.25) is 0 Å². The zero-order valence-corrected chi connectivity index (χ0v) is 13.7. The minimum absolute atomic E-state index is 0.0688. The molecule has 0 aliphatic heterocycles. The lowest BCUT2D eigenvalue weighted by molar-refractivity contribution is 0.619. The van der Waals surface area contributed by atoms with E-state index in [2.05, 4.69) is 42.2 Å². The quantitative estimate of drug-likeness (QED) is 0.729. The van der Waals surface area contributed by atoms with Gasteiger partial charge in [0.2, 0.25) is 0 Å². The van der Waals surface area contributed by atoms with E-state index in [9.17, 15) is 4.39 Å². The molecule has 2 rings (SSSR count). The molecule has 1 atom stereocenters. The first-order chi connectivity index (χ1) is 8.97. The molecule has 1 N–H and O–H groups in total. The van der Waals surface area contributed by atoms with E-state index >= 15 is 0 Å². The molecule has 19 heavy (non-hydrogen) atoms. The van der Waals surface area contributed by atoms with Gasteiger partial charge in [-0.1, -0.05) is 6.07 Å². The zero-order valence-electron chi connectivity index (χ0n) is 10.5. The van der Waals surface area contributed by atoms with Crippen molar-refractivity contribution in [3.05, 3.63) is 56.5 Å². The molecule has 0 aliphatic carbocycles. The van der Waals surface area contributed by atoms with Crippen LogP contribution in [0, 0.1) is 12.7 Å². The van der Waals surface area contributed by atoms with Crippen LogP contribution in [0.4, 0.5) is 10.1 Å². The van der Waals surface area contributed by atoms with Crippen molar-refractivity contribution in [2.75, 3.05) is 5.32 Å². The van der Waals surface area contributed by atoms with Gasteiger partial charge in [-0.3, -0.25) is 0 Å². The summed E-state index contributed by atoms with van der Waals surface area (Å²) in [7, 11) is 0. The number of anilines is 1. The summed E-state index contributed by atoms with van der Waals surface area (Å²) >= 11 is 6.57. The highest BCUT2D eigenvalue weighted by atomic mass is 79.9. The summed E-state index contributed by atoms with van der Waals surface area (Å²) in [5, 5.41) is 3.35. The van der Waals surface area contributed by atoms with Gasteiger partial charge in [-0.2, -0.15) is 0 Å². The maximum Gasteiger partial charge on any atom is 0.137 e. The number of hydrogen-bond donors (Lipinski definition) is 1. The highest BCUT2D eigenvalue weighted by Gasteiger charge is 2.09. The maximum absolute atomic E-state index is 13.2. The van der Waals surface area contributed by atoms with Gasteiger partial charge in [-0.05, 0) is 75.0 Å². The molecule has 1 aromatic heterocycles. The predicted molar refractivity (Wildman–Crippen MR) is 82.8 cm³/mol. The second kappa shape index (κ2) is 6.01. The lowest BCUT2D eigenvalue weighted by Gasteiger charge is -2.16. The molecule has 1 heterocycles. The Kier molecular flexibility index (Phi) is 4.58. The van der Waals surface area contributed by atoms with Crippen molar-refractivity contribution in [1.29, 1.82) is 0 Å². The van der Waals surface area contributed by atoms with Crippen molar-refractivity contribution in [2.45, 2.75) is 19.9 Å². The number of nitrogens with zero attached hydrogens (tertiary/aromatic N) is 1. The van der Waals surface area contributed by atoms with Crippen LogP contribution in [0.25, 0.3) is 0 Å². The molecule has 0 amide bonds. The number of hydrogen-bond acceptors (Lipinski definition) is 2. The number of halogens is 3. The molecule has 0 aliphatic rings. The van der Waals surface area contributed by atoms with Crippen LogP contribution in [-0.2, 0) is 0 Å². The maximum atomic E-state index is 13.2. The van der Waals surface area contributed by atoms with Crippen LogP contribution < -0.4 is 5.32 Å². The molecule has 0 fully saturated rings. The van der Waals surface area contributed by atoms with Gasteiger partial charge in [0.15, 0.2) is 0 Å². The number of rotatable bonds is 3. The van der Waals surface area contributed by atoms with E-state index in [4.69, 9.17) is 0 Å². The lowest BCUT2D eigenvalue weighted by atomic mass is 10.1. The second-order valence-electron chi connectivity index (χ2n) is 4.37. The van der Waals surface area contributed by atoms with Crippen molar-refractivity contribution < 1.29 is 4.39 Å². The Bertz CT molecular complexity index is 602. The van der Waals surface area contributed by atoms with Gasteiger partial charge in [0.1, 0.15) is 10.4 Å². The SMILES string of the molecule is Cc1cc(NC(C)c2ccc(F)c(Br)c2)cnc1Br. The number of aromatic nitrogens is 1. The number of benzene rings is 1. The third-order valence-corrected chi connectivity index (χ3v) is 4.28. The summed E-state index contributed by atoms with van der Waals surface area (Å²) < 4.78 is 14.5. The molecule has 0 spiro atoms. The Morgan fingerprint density at radius 1 is 1.26 bits per heavy atom. The Balaban J connectivity index is 2.17. The molecule has 100 valence electrons. The van der Waals surface area contributed by atoms with E-state index in [1.807, 2.05) is 19.9 Å². The first-order valence-electron chi connectivity index (χ1n) is 5.81. The van der Waals surface area contributed by atoms with Crippen LogP contribution in [0.15, 0.2) is 39.5 Å². The Hall–Kier alpha value is -0.940. The van der Waals surface area contributed by atoms with Crippen LogP contribution in [0.5, 0.6) is 0 Å². The van der Waals surface area contributed by atoms with Gasteiger partial charge < -0.3 is 5.32 Å². The fraction of sp³-hybridized carbons (Fsp3) is 0.214. The van der Waals surface area contributed by atoms with Crippen molar-refractivity contribution in [1.82, 2.24) is 4.98 Å². The Morgan fingerprint density at radius 2 is 2.00 bits per heavy atom. The number of pyridine rings is 1. The van der Waals surface area contributed by atoms with E-state index in [1.165, 1.54) is 6.07 Å². The lowest BCUT2D eigenvalue weighted by Crippen LogP contribution is -2.07. The minimum Gasteiger partial charge on any atom is -0.377 e. The minimum atomic E-state index is -0.253. The summed E-state index contributed by atoms with van der Waals surface area (Å²) in [6.07, 6.45) is 1.77. The standard InChI is InChI=1S/C14H13Br2FN2/c1-8-5-11(7-18-14(8)16)19-9(2)10-3-4-13(17)12(15)6-10/h3-7,9,19H,1-2H3. The first kappa shape index (κ1) is 14.5. The van der Waals surface area contributed by atoms with Gasteiger partial charge in [0.05, 0.1) is 16.4 Å². The molecule has 2 aromatic rings. The summed E-state index contributed by atoms with van der Waals surface area (Å²) in [6.45, 7) is 4.01. The number of nitrogens with one attached hydrogen (secondary N) is 1. The molecule has 5 heteroatoms. The smallest absolute Gasteiger partial charge is 0.137 e. The van der Waals surface area contributed by atoms with Gasteiger partial charge in [0, 0.05) is 6.04 Å². The highest BCUT2D eigenvalue weighted by Crippen LogP contribution is 2.25. The van der Waals surface area contributed by atoms with Crippen LogP contribution in [-0.4, -0.2) is 4.98 Å². The van der Waals surface area contributed by atoms with Crippen molar-refractivity contribution in [3.8, 4) is 0 Å². The van der Waals surface area contributed by atoms with E-state index in [0.717, 1.165) is 21.4 Å². The van der Waals surface area contributed by atoms with E-state index in [1.54, 1.807) is 18.3 Å². The molecular weight excluding hydrogens is 375 g/mol. The second-order valence-corrected chi connectivity index (χ2v) is 5.98. The summed E-state index contributed by atoms with van der Waals surface area (Å²) in [6, 6.07) is 7.11. The molecule has 0 radical (unpaired) electrons. The first-order valence-corrected chi connectivity index (χ1v) is 7.39. The predicted octanol–water partition coefficient (Wildman–Crippen LogP) is 5.23. The summed E-state index contributed by atoms with van der Waals surface area (Å²) in [5.41, 5.74) is 3.01. The fourth-order valence-electron chi connectivity index (χ4n) is 1.75. The third-order valence-electron chi connectivity index (χ3n) is 2.84. The highest BCUT2D eigenvalue weighted by molar-refractivity contribution is 9.10. The van der Waals surface area contributed by atoms with Gasteiger partial charge in [-0.15, -0.1) is 0 Å².